The van der Waals surface area contributed by atoms with Crippen LogP contribution in [0.4, 0.5) is 0 Å². The van der Waals surface area contributed by atoms with E-state index < -0.39 is 0 Å². The van der Waals surface area contributed by atoms with Crippen molar-refractivity contribution in [3.63, 3.8) is 0 Å². The first-order chi connectivity index (χ1) is 15.4. The molecule has 5 rings (SSSR count). The Balaban J connectivity index is 0.00000259. The number of phenolic OH excluding ortho intramolecular Hbond substituents is 1. The normalized spacial score (nSPS) is 13.9. The van der Waals surface area contributed by atoms with Gasteiger partial charge in [0.1, 0.15) is 0 Å². The van der Waals surface area contributed by atoms with Crippen LogP contribution in [-0.2, 0) is 19.5 Å². The molecule has 0 aliphatic carbocycles. The van der Waals surface area contributed by atoms with E-state index in [1.807, 2.05) is 6.07 Å². The summed E-state index contributed by atoms with van der Waals surface area (Å²) in [7, 11) is 1.61. The summed E-state index contributed by atoms with van der Waals surface area (Å²) in [6, 6.07) is 9.19. The molecule has 0 atom stereocenters. The van der Waals surface area contributed by atoms with E-state index in [-0.39, 0.29) is 24.9 Å². The molecule has 33 heavy (non-hydrogen) atoms. The molecule has 6 nitrogen and oxygen atoms in total. The van der Waals surface area contributed by atoms with Crippen molar-refractivity contribution in [3.8, 4) is 34.3 Å². The van der Waals surface area contributed by atoms with Crippen molar-refractivity contribution in [3.05, 3.63) is 41.6 Å². The number of aromatic hydroxyl groups is 1. The van der Waals surface area contributed by atoms with Crippen molar-refractivity contribution in [1.82, 2.24) is 4.90 Å². The zero-order valence-corrected chi connectivity index (χ0v) is 20.6. The van der Waals surface area contributed by atoms with Crippen LogP contribution in [0, 0.1) is 0 Å². The van der Waals surface area contributed by atoms with Gasteiger partial charge in [-0.3, -0.25) is 4.90 Å². The number of rotatable bonds is 5. The van der Waals surface area contributed by atoms with E-state index >= 15 is 0 Å². The van der Waals surface area contributed by atoms with E-state index in [4.69, 9.17) is 14.2 Å². The standard InChI is InChI=1S/C26H30N2O4.ClH/c1-15(2)28(16(3)4)12-18-9-25(30-5)26(29)21-13-27-7-6-17-8-23-24(32-14-31-23)11-20(17)22(27)10-19(18)21;/h8-11,13,15-16H,6-7,12,14H2,1-5H3;1H. The largest absolute Gasteiger partial charge is 1.00 e. The minimum absolute atomic E-state index is 0. The molecule has 3 aromatic rings. The molecule has 176 valence electrons. The number of aryl methyl sites for hydroxylation is 2. The summed E-state index contributed by atoms with van der Waals surface area (Å²) in [5.41, 5.74) is 4.70. The molecule has 1 aromatic heterocycles. The number of nitrogens with zero attached hydrogens (tertiary/aromatic N) is 2. The number of fused-ring (bicyclic) bond motifs is 5. The number of halogens is 1. The highest BCUT2D eigenvalue weighted by Crippen LogP contribution is 2.42. The maximum Gasteiger partial charge on any atom is 0.231 e. The predicted molar refractivity (Wildman–Crippen MR) is 123 cm³/mol. The number of aromatic nitrogens is 1. The van der Waals surface area contributed by atoms with Crippen LogP contribution in [0.2, 0.25) is 0 Å². The molecule has 0 saturated carbocycles. The maximum absolute atomic E-state index is 11.0. The third-order valence-electron chi connectivity index (χ3n) is 6.70. The van der Waals surface area contributed by atoms with E-state index in [0.717, 1.165) is 58.6 Å². The molecule has 2 aliphatic rings. The number of methoxy groups -OCH3 is 1. The van der Waals surface area contributed by atoms with E-state index in [0.29, 0.717) is 17.8 Å². The van der Waals surface area contributed by atoms with Gasteiger partial charge in [-0.05, 0) is 57.0 Å². The Bertz CT molecular complexity index is 1200. The summed E-state index contributed by atoms with van der Waals surface area (Å²) in [6.45, 7) is 10.8. The second-order valence-electron chi connectivity index (χ2n) is 9.24. The number of hydrogen-bond acceptors (Lipinski definition) is 5. The highest BCUT2D eigenvalue weighted by molar-refractivity contribution is 5.94. The van der Waals surface area contributed by atoms with E-state index in [2.05, 4.69) is 61.6 Å². The third kappa shape index (κ3) is 3.96. The molecule has 2 aliphatic heterocycles. The van der Waals surface area contributed by atoms with Crippen molar-refractivity contribution in [2.24, 2.45) is 0 Å². The van der Waals surface area contributed by atoms with Crippen molar-refractivity contribution in [1.29, 1.82) is 0 Å². The molecule has 3 heterocycles. The molecule has 0 saturated heterocycles. The van der Waals surface area contributed by atoms with Crippen molar-refractivity contribution in [2.75, 3.05) is 13.9 Å². The monoisotopic (exact) mass is 470 g/mol. The molecule has 0 spiro atoms. The minimum atomic E-state index is 0. The highest BCUT2D eigenvalue weighted by Gasteiger charge is 2.29. The van der Waals surface area contributed by atoms with Gasteiger partial charge in [-0.2, -0.15) is 4.57 Å². The van der Waals surface area contributed by atoms with E-state index in [1.165, 1.54) is 5.56 Å². The first kappa shape index (κ1) is 23.5. The number of ether oxygens (including phenoxy) is 3. The first-order valence-corrected chi connectivity index (χ1v) is 11.3. The summed E-state index contributed by atoms with van der Waals surface area (Å²) in [6.07, 6.45) is 2.97. The van der Waals surface area contributed by atoms with Gasteiger partial charge in [0.25, 0.3) is 0 Å². The van der Waals surface area contributed by atoms with Crippen molar-refractivity contribution >= 4 is 10.8 Å². The third-order valence-corrected chi connectivity index (χ3v) is 6.70. The molecule has 0 radical (unpaired) electrons. The molecule has 1 N–H and O–H groups in total. The Morgan fingerprint density at radius 1 is 1.03 bits per heavy atom. The smallest absolute Gasteiger partial charge is 0.231 e. The fourth-order valence-corrected chi connectivity index (χ4v) is 5.02. The van der Waals surface area contributed by atoms with Gasteiger partial charge in [0.2, 0.25) is 12.5 Å². The molecule has 7 heteroatoms. The average Bonchev–Trinajstić information content (AvgIpc) is 3.23. The van der Waals surface area contributed by atoms with Crippen LogP contribution in [0.3, 0.4) is 0 Å². The van der Waals surface area contributed by atoms with Crippen molar-refractivity contribution in [2.45, 2.75) is 59.3 Å². The van der Waals surface area contributed by atoms with Crippen LogP contribution < -0.4 is 31.2 Å². The van der Waals surface area contributed by atoms with Gasteiger partial charge in [-0.1, -0.05) is 0 Å². The van der Waals surface area contributed by atoms with Gasteiger partial charge in [0.05, 0.1) is 18.1 Å². The molecular weight excluding hydrogens is 440 g/mol. The molecule has 0 unspecified atom stereocenters. The van der Waals surface area contributed by atoms with E-state index in [9.17, 15) is 5.11 Å². The number of phenols is 1. The lowest BCUT2D eigenvalue weighted by atomic mass is 9.93. The average molecular weight is 471 g/mol. The lowest BCUT2D eigenvalue weighted by Crippen LogP contribution is -3.00. The van der Waals surface area contributed by atoms with E-state index in [1.54, 1.807) is 7.11 Å². The first-order valence-electron chi connectivity index (χ1n) is 11.3. The van der Waals surface area contributed by atoms with Crippen LogP contribution in [0.5, 0.6) is 23.0 Å². The molecule has 0 amide bonds. The Morgan fingerprint density at radius 3 is 2.39 bits per heavy atom. The van der Waals surface area contributed by atoms with Crippen LogP contribution in [0.25, 0.3) is 22.0 Å². The summed E-state index contributed by atoms with van der Waals surface area (Å²) in [4.78, 5) is 2.45. The maximum atomic E-state index is 11.0. The highest BCUT2D eigenvalue weighted by atomic mass is 35.5. The summed E-state index contributed by atoms with van der Waals surface area (Å²) in [5.74, 6) is 2.32. The second kappa shape index (κ2) is 8.92. The predicted octanol–water partition coefficient (Wildman–Crippen LogP) is 1.42. The Morgan fingerprint density at radius 2 is 1.73 bits per heavy atom. The van der Waals surface area contributed by atoms with Gasteiger partial charge in [-0.25, -0.2) is 0 Å². The van der Waals surface area contributed by atoms with Crippen LogP contribution in [0.15, 0.2) is 30.5 Å². The topological polar surface area (TPSA) is 55.0 Å². The summed E-state index contributed by atoms with van der Waals surface area (Å²) < 4.78 is 19.0. The van der Waals surface area contributed by atoms with Crippen LogP contribution in [-0.4, -0.2) is 36.0 Å². The van der Waals surface area contributed by atoms with Gasteiger partial charge >= 0.3 is 0 Å². The Hall–Kier alpha value is -2.70. The molecule has 2 aromatic carbocycles. The van der Waals surface area contributed by atoms with Gasteiger partial charge in [-0.15, -0.1) is 0 Å². The molecule has 0 fully saturated rings. The Kier molecular flexibility index (Phi) is 6.34. The fraction of sp³-hybridized carbons (Fsp3) is 0.423. The van der Waals surface area contributed by atoms with Crippen molar-refractivity contribution < 1.29 is 36.3 Å². The lowest BCUT2D eigenvalue weighted by Gasteiger charge is -2.31. The number of pyridine rings is 1. The van der Waals surface area contributed by atoms with Gasteiger partial charge in [0, 0.05) is 36.5 Å². The Labute approximate surface area is 201 Å². The van der Waals surface area contributed by atoms with Gasteiger partial charge in [0.15, 0.2) is 35.7 Å². The summed E-state index contributed by atoms with van der Waals surface area (Å²) in [5, 5.41) is 12.8. The SMILES string of the molecule is COc1cc(CN(C(C)C)C(C)C)c2cc3[n+](cc2c1O)CCc1cc2c(cc1-3)OCO2.[Cl-]. The summed E-state index contributed by atoms with van der Waals surface area (Å²) >= 11 is 0. The zero-order chi connectivity index (χ0) is 22.6. The number of hydrogen-bond donors (Lipinski definition) is 1. The van der Waals surface area contributed by atoms with Crippen LogP contribution in [0.1, 0.15) is 38.8 Å². The zero-order valence-electron chi connectivity index (χ0n) is 19.8. The van der Waals surface area contributed by atoms with Crippen LogP contribution >= 0.6 is 0 Å². The minimum Gasteiger partial charge on any atom is -1.00 e. The second-order valence-corrected chi connectivity index (χ2v) is 9.24. The number of benzene rings is 2. The lowest BCUT2D eigenvalue weighted by molar-refractivity contribution is -0.686. The quantitative estimate of drug-likeness (QED) is 0.571. The van der Waals surface area contributed by atoms with Gasteiger partial charge < -0.3 is 31.7 Å². The molecular formula is C26H31ClN2O4. The molecule has 0 bridgehead atoms. The fourth-order valence-electron chi connectivity index (χ4n) is 5.02.